The SMILES string of the molecule is O=C(Nc1ccc(-c2ccc3ncccc3c2)c2c1C(=O)NC2)c1ccc(NCCN2CCCC2)cc1. The van der Waals surface area contributed by atoms with Gasteiger partial charge in [0.1, 0.15) is 0 Å². The number of benzene rings is 3. The van der Waals surface area contributed by atoms with Crippen LogP contribution in [0.3, 0.4) is 0 Å². The molecule has 3 heterocycles. The second-order valence-electron chi connectivity index (χ2n) is 9.61. The molecule has 2 aliphatic rings. The number of anilines is 2. The first kappa shape index (κ1) is 23.2. The van der Waals surface area contributed by atoms with Crippen LogP contribution in [0.1, 0.15) is 39.1 Å². The number of likely N-dealkylation sites (tertiary alicyclic amines) is 1. The predicted octanol–water partition coefficient (Wildman–Crippen LogP) is 4.91. The highest BCUT2D eigenvalue weighted by molar-refractivity contribution is 6.11. The van der Waals surface area contributed by atoms with Crippen LogP contribution < -0.4 is 16.0 Å². The summed E-state index contributed by atoms with van der Waals surface area (Å²) in [6.07, 6.45) is 4.36. The minimum Gasteiger partial charge on any atom is -0.384 e. The Labute approximate surface area is 215 Å². The highest BCUT2D eigenvalue weighted by atomic mass is 16.2. The van der Waals surface area contributed by atoms with E-state index in [9.17, 15) is 9.59 Å². The maximum absolute atomic E-state index is 13.0. The smallest absolute Gasteiger partial charge is 0.255 e. The molecule has 1 saturated heterocycles. The van der Waals surface area contributed by atoms with Crippen LogP contribution in [-0.4, -0.2) is 47.9 Å². The Balaban J connectivity index is 1.19. The highest BCUT2D eigenvalue weighted by Gasteiger charge is 2.27. The monoisotopic (exact) mass is 491 g/mol. The van der Waals surface area contributed by atoms with Crippen LogP contribution >= 0.6 is 0 Å². The maximum Gasteiger partial charge on any atom is 0.255 e. The van der Waals surface area contributed by atoms with Gasteiger partial charge in [0, 0.05) is 42.5 Å². The molecule has 0 spiro atoms. The number of hydrogen-bond acceptors (Lipinski definition) is 5. The van der Waals surface area contributed by atoms with E-state index >= 15 is 0 Å². The largest absolute Gasteiger partial charge is 0.384 e. The molecule has 7 heteroatoms. The van der Waals surface area contributed by atoms with E-state index in [1.165, 1.54) is 25.9 Å². The molecule has 3 N–H and O–H groups in total. The topological polar surface area (TPSA) is 86.4 Å². The van der Waals surface area contributed by atoms with E-state index in [1.807, 2.05) is 60.7 Å². The van der Waals surface area contributed by atoms with Gasteiger partial charge in [-0.15, -0.1) is 0 Å². The van der Waals surface area contributed by atoms with Crippen molar-refractivity contribution in [3.63, 3.8) is 0 Å². The third-order valence-electron chi connectivity index (χ3n) is 7.23. The summed E-state index contributed by atoms with van der Waals surface area (Å²) in [5, 5.41) is 10.3. The maximum atomic E-state index is 13.0. The Morgan fingerprint density at radius 3 is 2.68 bits per heavy atom. The average Bonchev–Trinajstić information content (AvgIpc) is 3.59. The van der Waals surface area contributed by atoms with Gasteiger partial charge in [-0.2, -0.15) is 0 Å². The molecule has 3 aromatic carbocycles. The Morgan fingerprint density at radius 1 is 1.00 bits per heavy atom. The van der Waals surface area contributed by atoms with Gasteiger partial charge < -0.3 is 20.9 Å². The van der Waals surface area contributed by atoms with Crippen LogP contribution in [-0.2, 0) is 6.54 Å². The van der Waals surface area contributed by atoms with Crippen molar-refractivity contribution in [3.8, 4) is 11.1 Å². The van der Waals surface area contributed by atoms with E-state index in [2.05, 4.69) is 31.9 Å². The van der Waals surface area contributed by atoms with E-state index in [-0.39, 0.29) is 11.8 Å². The number of amides is 2. The molecule has 1 aromatic heterocycles. The van der Waals surface area contributed by atoms with E-state index < -0.39 is 0 Å². The Bertz CT molecular complexity index is 1480. The Kier molecular flexibility index (Phi) is 6.28. The molecule has 0 saturated carbocycles. The molecule has 1 fully saturated rings. The summed E-state index contributed by atoms with van der Waals surface area (Å²) in [4.78, 5) is 32.7. The zero-order valence-electron chi connectivity index (χ0n) is 20.6. The minimum atomic E-state index is -0.241. The molecule has 0 atom stereocenters. The van der Waals surface area contributed by atoms with Crippen molar-refractivity contribution >= 4 is 34.1 Å². The lowest BCUT2D eigenvalue weighted by Crippen LogP contribution is -2.25. The van der Waals surface area contributed by atoms with Gasteiger partial charge in [0.2, 0.25) is 0 Å². The summed E-state index contributed by atoms with van der Waals surface area (Å²) in [7, 11) is 0. The molecule has 186 valence electrons. The summed E-state index contributed by atoms with van der Waals surface area (Å²) >= 11 is 0. The molecule has 0 radical (unpaired) electrons. The van der Waals surface area contributed by atoms with Crippen LogP contribution in [0.2, 0.25) is 0 Å². The summed E-state index contributed by atoms with van der Waals surface area (Å²) < 4.78 is 0. The van der Waals surface area contributed by atoms with Gasteiger partial charge in [-0.1, -0.05) is 18.2 Å². The van der Waals surface area contributed by atoms with Gasteiger partial charge >= 0.3 is 0 Å². The van der Waals surface area contributed by atoms with Crippen molar-refractivity contribution in [3.05, 3.63) is 89.6 Å². The fourth-order valence-electron chi connectivity index (χ4n) is 5.26. The molecule has 0 unspecified atom stereocenters. The standard InChI is InChI=1S/C30H29N5O2/c36-29(20-5-8-23(9-6-20)31-14-17-35-15-1-2-16-35)34-27-12-10-24(25-19-33-30(37)28(25)27)21-7-11-26-22(18-21)4-3-13-32-26/h3-13,18,31H,1-2,14-17,19H2,(H,33,37)(H,34,36). The van der Waals surface area contributed by atoms with Crippen LogP contribution in [0.15, 0.2) is 72.9 Å². The second-order valence-corrected chi connectivity index (χ2v) is 9.61. The summed E-state index contributed by atoms with van der Waals surface area (Å²) in [5.41, 5.74) is 6.39. The number of rotatable bonds is 7. The van der Waals surface area contributed by atoms with E-state index in [4.69, 9.17) is 0 Å². The number of carbonyl (C=O) groups excluding carboxylic acids is 2. The fourth-order valence-corrected chi connectivity index (χ4v) is 5.26. The molecule has 0 aliphatic carbocycles. The van der Waals surface area contributed by atoms with Crippen molar-refractivity contribution in [2.45, 2.75) is 19.4 Å². The van der Waals surface area contributed by atoms with Gasteiger partial charge in [0.25, 0.3) is 11.8 Å². The molecule has 7 nitrogen and oxygen atoms in total. The van der Waals surface area contributed by atoms with E-state index in [1.54, 1.807) is 6.20 Å². The van der Waals surface area contributed by atoms with Gasteiger partial charge in [0.15, 0.2) is 0 Å². The third kappa shape index (κ3) is 4.78. The number of pyridine rings is 1. The van der Waals surface area contributed by atoms with Crippen molar-refractivity contribution in [2.24, 2.45) is 0 Å². The number of fused-ring (bicyclic) bond motifs is 2. The molecule has 6 rings (SSSR count). The first-order valence-corrected chi connectivity index (χ1v) is 12.8. The van der Waals surface area contributed by atoms with Gasteiger partial charge in [-0.05, 0) is 91.2 Å². The summed E-state index contributed by atoms with van der Waals surface area (Å²) in [6, 6.07) is 21.3. The van der Waals surface area contributed by atoms with E-state index in [0.717, 1.165) is 46.4 Å². The minimum absolute atomic E-state index is 0.174. The van der Waals surface area contributed by atoms with Crippen molar-refractivity contribution < 1.29 is 9.59 Å². The number of nitrogens with one attached hydrogen (secondary N) is 3. The van der Waals surface area contributed by atoms with E-state index in [0.29, 0.717) is 23.4 Å². The Morgan fingerprint density at radius 2 is 1.84 bits per heavy atom. The molecule has 0 bridgehead atoms. The van der Waals surface area contributed by atoms with Crippen LogP contribution in [0.25, 0.3) is 22.0 Å². The first-order valence-electron chi connectivity index (χ1n) is 12.8. The number of hydrogen-bond donors (Lipinski definition) is 3. The van der Waals surface area contributed by atoms with Crippen LogP contribution in [0.5, 0.6) is 0 Å². The normalized spacial score (nSPS) is 15.0. The lowest BCUT2D eigenvalue weighted by Gasteiger charge is -2.15. The molecule has 37 heavy (non-hydrogen) atoms. The Hall–Kier alpha value is -4.23. The third-order valence-corrected chi connectivity index (χ3v) is 7.23. The first-order chi connectivity index (χ1) is 18.2. The zero-order valence-corrected chi connectivity index (χ0v) is 20.6. The molecule has 2 amide bonds. The molecular weight excluding hydrogens is 462 g/mol. The molecule has 2 aliphatic heterocycles. The second kappa shape index (κ2) is 10.0. The van der Waals surface area contributed by atoms with Gasteiger partial charge in [-0.3, -0.25) is 14.6 Å². The quantitative estimate of drug-likeness (QED) is 0.342. The zero-order chi connectivity index (χ0) is 25.2. The van der Waals surface area contributed by atoms with Crippen LogP contribution in [0.4, 0.5) is 11.4 Å². The molecular formula is C30H29N5O2. The van der Waals surface area contributed by atoms with Crippen molar-refractivity contribution in [2.75, 3.05) is 36.8 Å². The van der Waals surface area contributed by atoms with Gasteiger partial charge in [-0.25, -0.2) is 0 Å². The van der Waals surface area contributed by atoms with Crippen molar-refractivity contribution in [1.29, 1.82) is 0 Å². The summed E-state index contributed by atoms with van der Waals surface area (Å²) in [6.45, 7) is 4.71. The van der Waals surface area contributed by atoms with Crippen molar-refractivity contribution in [1.82, 2.24) is 15.2 Å². The van der Waals surface area contributed by atoms with Gasteiger partial charge in [0.05, 0.1) is 16.8 Å². The fraction of sp³-hybridized carbons (Fsp3) is 0.233. The highest BCUT2D eigenvalue weighted by Crippen LogP contribution is 2.35. The lowest BCUT2D eigenvalue weighted by atomic mass is 9.94. The summed E-state index contributed by atoms with van der Waals surface area (Å²) in [5.74, 6) is -0.415. The number of nitrogens with zero attached hydrogens (tertiary/aromatic N) is 2. The lowest BCUT2D eigenvalue weighted by molar-refractivity contribution is 0.0966. The molecule has 4 aromatic rings. The number of aromatic nitrogens is 1. The average molecular weight is 492 g/mol. The van der Waals surface area contributed by atoms with Crippen LogP contribution in [0, 0.1) is 0 Å². The number of carbonyl (C=O) groups is 2. The predicted molar refractivity (Wildman–Crippen MR) is 147 cm³/mol.